The van der Waals surface area contributed by atoms with Crippen molar-refractivity contribution in [3.63, 3.8) is 0 Å². The minimum atomic E-state index is -0.136. The number of aryl methyl sites for hydroxylation is 1. The van der Waals surface area contributed by atoms with Crippen LogP contribution < -0.4 is 15.0 Å². The molecule has 0 unspecified atom stereocenters. The third kappa shape index (κ3) is 4.31. The Morgan fingerprint density at radius 1 is 1.15 bits per heavy atom. The summed E-state index contributed by atoms with van der Waals surface area (Å²) in [7, 11) is 1.64. The van der Waals surface area contributed by atoms with E-state index in [0.29, 0.717) is 64.6 Å². The van der Waals surface area contributed by atoms with Crippen LogP contribution in [0.5, 0.6) is 11.5 Å². The number of ether oxygens (including phenoxy) is 3. The average molecular weight is 467 g/mol. The van der Waals surface area contributed by atoms with Gasteiger partial charge in [-0.25, -0.2) is 4.98 Å². The van der Waals surface area contributed by atoms with Crippen LogP contribution in [0.2, 0.25) is 0 Å². The van der Waals surface area contributed by atoms with Crippen LogP contribution in [0.3, 0.4) is 0 Å². The summed E-state index contributed by atoms with van der Waals surface area (Å²) in [4.78, 5) is 22.6. The maximum atomic E-state index is 13.3. The number of hydrogen-bond donors (Lipinski definition) is 0. The molecule has 0 N–H and O–H groups in total. The van der Waals surface area contributed by atoms with E-state index < -0.39 is 0 Å². The summed E-state index contributed by atoms with van der Waals surface area (Å²) in [5.74, 6) is 2.52. The summed E-state index contributed by atoms with van der Waals surface area (Å²) < 4.78 is 23.2. The van der Waals surface area contributed by atoms with E-state index >= 15 is 0 Å². The number of fused-ring (bicyclic) bond motifs is 2. The standard InChI is InChI=1S/C23H22N4O5S/c1-14-6-3-4-7-15(14)21-25-20(32-26-21)12-33-23-24-17-11-19-18(30-13-31-19)10-16(17)22(28)27(23)8-5-9-29-2/h3-4,6-7,10-11H,5,8-9,12-13H2,1-2H3. The van der Waals surface area contributed by atoms with Gasteiger partial charge in [-0.2, -0.15) is 4.98 Å². The van der Waals surface area contributed by atoms with Crippen molar-refractivity contribution in [1.29, 1.82) is 0 Å². The summed E-state index contributed by atoms with van der Waals surface area (Å²) in [6, 6.07) is 11.3. The predicted molar refractivity (Wildman–Crippen MR) is 123 cm³/mol. The number of benzene rings is 2. The van der Waals surface area contributed by atoms with E-state index in [1.165, 1.54) is 11.8 Å². The van der Waals surface area contributed by atoms with Crippen LogP contribution in [0, 0.1) is 6.92 Å². The molecule has 0 radical (unpaired) electrons. The fourth-order valence-electron chi connectivity index (χ4n) is 3.64. The minimum Gasteiger partial charge on any atom is -0.454 e. The molecular weight excluding hydrogens is 444 g/mol. The topological polar surface area (TPSA) is 102 Å². The van der Waals surface area contributed by atoms with Crippen molar-refractivity contribution >= 4 is 22.7 Å². The molecule has 0 saturated carbocycles. The first-order valence-electron chi connectivity index (χ1n) is 10.5. The SMILES string of the molecule is COCCCn1c(SCc2nc(-c3ccccc3C)no2)nc2cc3c(cc2c1=O)OCO3. The van der Waals surface area contributed by atoms with Crippen LogP contribution in [-0.4, -0.2) is 40.2 Å². The average Bonchev–Trinajstić information content (AvgIpc) is 3.48. The van der Waals surface area contributed by atoms with Gasteiger partial charge in [-0.1, -0.05) is 41.2 Å². The molecule has 9 nitrogen and oxygen atoms in total. The van der Waals surface area contributed by atoms with Gasteiger partial charge in [0.25, 0.3) is 5.56 Å². The van der Waals surface area contributed by atoms with E-state index in [2.05, 4.69) is 10.1 Å². The Labute approximate surface area is 193 Å². The van der Waals surface area contributed by atoms with Crippen molar-refractivity contribution in [2.24, 2.45) is 0 Å². The lowest BCUT2D eigenvalue weighted by molar-refractivity contribution is 0.174. The zero-order valence-corrected chi connectivity index (χ0v) is 19.1. The Balaban J connectivity index is 1.45. The van der Waals surface area contributed by atoms with Gasteiger partial charge in [0.2, 0.25) is 18.5 Å². The Hall–Kier alpha value is -3.37. The van der Waals surface area contributed by atoms with Crippen LogP contribution in [-0.2, 0) is 17.0 Å². The summed E-state index contributed by atoms with van der Waals surface area (Å²) in [5.41, 5.74) is 2.41. The van der Waals surface area contributed by atoms with Gasteiger partial charge < -0.3 is 18.7 Å². The van der Waals surface area contributed by atoms with Crippen LogP contribution >= 0.6 is 11.8 Å². The molecule has 0 saturated heterocycles. The molecule has 0 fully saturated rings. The minimum absolute atomic E-state index is 0.135. The normalized spacial score (nSPS) is 12.5. The molecule has 4 aromatic rings. The molecule has 3 heterocycles. The van der Waals surface area contributed by atoms with E-state index in [4.69, 9.17) is 23.7 Å². The van der Waals surface area contributed by atoms with Gasteiger partial charge in [-0.15, -0.1) is 0 Å². The van der Waals surface area contributed by atoms with Crippen molar-refractivity contribution in [2.75, 3.05) is 20.5 Å². The molecule has 0 amide bonds. The van der Waals surface area contributed by atoms with Gasteiger partial charge >= 0.3 is 0 Å². The third-order valence-electron chi connectivity index (χ3n) is 5.32. The summed E-state index contributed by atoms with van der Waals surface area (Å²) in [5, 5.41) is 5.17. The van der Waals surface area contributed by atoms with Gasteiger partial charge in [0.1, 0.15) is 0 Å². The Morgan fingerprint density at radius 2 is 1.97 bits per heavy atom. The van der Waals surface area contributed by atoms with E-state index in [0.717, 1.165) is 11.1 Å². The number of hydrogen-bond acceptors (Lipinski definition) is 9. The molecule has 0 aliphatic carbocycles. The zero-order valence-electron chi connectivity index (χ0n) is 18.2. The number of nitrogens with zero attached hydrogens (tertiary/aromatic N) is 4. The van der Waals surface area contributed by atoms with Crippen molar-refractivity contribution in [3.05, 3.63) is 58.2 Å². The molecule has 33 heavy (non-hydrogen) atoms. The number of rotatable bonds is 8. The highest BCUT2D eigenvalue weighted by Gasteiger charge is 2.20. The number of thioether (sulfide) groups is 1. The number of aromatic nitrogens is 4. The Morgan fingerprint density at radius 3 is 2.79 bits per heavy atom. The van der Waals surface area contributed by atoms with Gasteiger partial charge in [0.15, 0.2) is 16.7 Å². The second-order valence-electron chi connectivity index (χ2n) is 7.54. The van der Waals surface area contributed by atoms with Crippen molar-refractivity contribution in [2.45, 2.75) is 30.8 Å². The van der Waals surface area contributed by atoms with Crippen molar-refractivity contribution < 1.29 is 18.7 Å². The smallest absolute Gasteiger partial charge is 0.262 e. The van der Waals surface area contributed by atoms with E-state index in [1.807, 2.05) is 31.2 Å². The van der Waals surface area contributed by atoms with Gasteiger partial charge in [-0.3, -0.25) is 9.36 Å². The fourth-order valence-corrected chi connectivity index (χ4v) is 4.50. The summed E-state index contributed by atoms with van der Waals surface area (Å²) >= 11 is 1.38. The highest BCUT2D eigenvalue weighted by Crippen LogP contribution is 2.35. The molecule has 10 heteroatoms. The molecule has 170 valence electrons. The quantitative estimate of drug-likeness (QED) is 0.218. The molecular formula is C23H22N4O5S. The largest absolute Gasteiger partial charge is 0.454 e. The lowest BCUT2D eigenvalue weighted by atomic mass is 10.1. The van der Waals surface area contributed by atoms with Crippen LogP contribution in [0.1, 0.15) is 17.9 Å². The summed E-state index contributed by atoms with van der Waals surface area (Å²) in [6.45, 7) is 3.16. The second-order valence-corrected chi connectivity index (χ2v) is 8.48. The Kier molecular flexibility index (Phi) is 6.01. The van der Waals surface area contributed by atoms with Gasteiger partial charge in [0, 0.05) is 31.9 Å². The molecule has 0 atom stereocenters. The molecule has 0 bridgehead atoms. The highest BCUT2D eigenvalue weighted by atomic mass is 32.2. The Bertz CT molecular complexity index is 1370. The van der Waals surface area contributed by atoms with Crippen LogP contribution in [0.4, 0.5) is 0 Å². The highest BCUT2D eigenvalue weighted by molar-refractivity contribution is 7.98. The maximum absolute atomic E-state index is 13.3. The molecule has 0 spiro atoms. The van der Waals surface area contributed by atoms with Crippen LogP contribution in [0.15, 0.2) is 50.9 Å². The molecule has 2 aromatic carbocycles. The summed E-state index contributed by atoms with van der Waals surface area (Å²) in [6.07, 6.45) is 0.680. The molecule has 2 aromatic heterocycles. The van der Waals surface area contributed by atoms with E-state index in [1.54, 1.807) is 23.8 Å². The maximum Gasteiger partial charge on any atom is 0.262 e. The molecule has 1 aliphatic heterocycles. The van der Waals surface area contributed by atoms with Crippen LogP contribution in [0.25, 0.3) is 22.3 Å². The van der Waals surface area contributed by atoms with Crippen molar-refractivity contribution in [1.82, 2.24) is 19.7 Å². The van der Waals surface area contributed by atoms with Gasteiger partial charge in [-0.05, 0) is 25.0 Å². The number of methoxy groups -OCH3 is 1. The lowest BCUT2D eigenvalue weighted by Crippen LogP contribution is -2.24. The third-order valence-corrected chi connectivity index (χ3v) is 6.28. The molecule has 5 rings (SSSR count). The lowest BCUT2D eigenvalue weighted by Gasteiger charge is -2.12. The fraction of sp³-hybridized carbons (Fsp3) is 0.304. The zero-order chi connectivity index (χ0) is 22.8. The first kappa shape index (κ1) is 21.5. The van der Waals surface area contributed by atoms with E-state index in [-0.39, 0.29) is 12.4 Å². The van der Waals surface area contributed by atoms with E-state index in [9.17, 15) is 4.79 Å². The monoisotopic (exact) mass is 466 g/mol. The first-order valence-corrected chi connectivity index (χ1v) is 11.5. The van der Waals surface area contributed by atoms with Gasteiger partial charge in [0.05, 0.1) is 16.7 Å². The first-order chi connectivity index (χ1) is 16.1. The predicted octanol–water partition coefficient (Wildman–Crippen LogP) is 3.81. The van der Waals surface area contributed by atoms with Crippen molar-refractivity contribution in [3.8, 4) is 22.9 Å². The molecule has 1 aliphatic rings. The second kappa shape index (κ2) is 9.24.